The summed E-state index contributed by atoms with van der Waals surface area (Å²) in [5.74, 6) is 0.686. The minimum Gasteiger partial charge on any atom is -0.496 e. The molecular formula is C16H13ClFN3O. The lowest BCUT2D eigenvalue weighted by Crippen LogP contribution is -1.90. The number of methoxy groups -OCH3 is 1. The number of hydrogen-bond donors (Lipinski definition) is 1. The molecule has 0 atom stereocenters. The molecule has 3 rings (SSSR count). The molecule has 0 aliphatic heterocycles. The smallest absolute Gasteiger partial charge is 0.212 e. The molecule has 0 spiro atoms. The number of halogens is 2. The van der Waals surface area contributed by atoms with Gasteiger partial charge >= 0.3 is 0 Å². The van der Waals surface area contributed by atoms with E-state index < -0.39 is 5.95 Å². The summed E-state index contributed by atoms with van der Waals surface area (Å²) in [6.45, 7) is 1.98. The molecule has 0 fully saturated rings. The third kappa shape index (κ3) is 2.67. The average molecular weight is 318 g/mol. The number of nitrogens with one attached hydrogen (secondary N) is 1. The number of nitrogens with zero attached hydrogens (tertiary/aromatic N) is 2. The third-order valence-electron chi connectivity index (χ3n) is 3.29. The van der Waals surface area contributed by atoms with Gasteiger partial charge in [0.1, 0.15) is 11.6 Å². The molecule has 0 aliphatic rings. The minimum atomic E-state index is -0.540. The Kier molecular flexibility index (Phi) is 3.81. The number of aromatic nitrogens is 3. The van der Waals surface area contributed by atoms with E-state index in [1.807, 2.05) is 25.1 Å². The van der Waals surface area contributed by atoms with Crippen LogP contribution in [0.3, 0.4) is 0 Å². The fourth-order valence-electron chi connectivity index (χ4n) is 2.19. The fraction of sp³-hybridized carbons (Fsp3) is 0.125. The first-order chi connectivity index (χ1) is 10.6. The average Bonchev–Trinajstić information content (AvgIpc) is 2.89. The zero-order valence-electron chi connectivity index (χ0n) is 12.0. The maximum Gasteiger partial charge on any atom is 0.212 e. The third-order valence-corrected chi connectivity index (χ3v) is 3.56. The van der Waals surface area contributed by atoms with E-state index in [0.29, 0.717) is 28.0 Å². The zero-order valence-corrected chi connectivity index (χ0v) is 12.8. The lowest BCUT2D eigenvalue weighted by molar-refractivity contribution is 0.416. The van der Waals surface area contributed by atoms with Crippen molar-refractivity contribution in [1.29, 1.82) is 0 Å². The highest BCUT2D eigenvalue weighted by molar-refractivity contribution is 6.32. The van der Waals surface area contributed by atoms with Crippen LogP contribution in [0.15, 0.2) is 36.5 Å². The van der Waals surface area contributed by atoms with Gasteiger partial charge in [-0.15, -0.1) is 0 Å². The molecule has 0 amide bonds. The van der Waals surface area contributed by atoms with Crippen molar-refractivity contribution in [1.82, 2.24) is 15.0 Å². The molecule has 2 heterocycles. The van der Waals surface area contributed by atoms with Gasteiger partial charge in [0.05, 0.1) is 12.8 Å². The molecule has 0 saturated heterocycles. The Morgan fingerprint density at radius 3 is 2.73 bits per heavy atom. The van der Waals surface area contributed by atoms with Crippen LogP contribution < -0.4 is 4.74 Å². The first-order valence-corrected chi connectivity index (χ1v) is 6.98. The van der Waals surface area contributed by atoms with Gasteiger partial charge in [-0.1, -0.05) is 17.7 Å². The van der Waals surface area contributed by atoms with Crippen LogP contribution in [0.1, 0.15) is 5.56 Å². The van der Waals surface area contributed by atoms with Crippen molar-refractivity contribution in [2.75, 3.05) is 7.11 Å². The van der Waals surface area contributed by atoms with Gasteiger partial charge in [-0.3, -0.25) is 0 Å². The second-order valence-electron chi connectivity index (χ2n) is 4.82. The summed E-state index contributed by atoms with van der Waals surface area (Å²) in [4.78, 5) is 11.0. The summed E-state index contributed by atoms with van der Waals surface area (Å²) in [5.41, 5.74) is 3.20. The number of rotatable bonds is 3. The largest absolute Gasteiger partial charge is 0.496 e. The first kappa shape index (κ1) is 14.5. The number of aryl methyl sites for hydroxylation is 1. The van der Waals surface area contributed by atoms with E-state index in [2.05, 4.69) is 15.0 Å². The summed E-state index contributed by atoms with van der Waals surface area (Å²) >= 11 is 6.24. The molecular weight excluding hydrogens is 305 g/mol. The quantitative estimate of drug-likeness (QED) is 0.735. The van der Waals surface area contributed by atoms with E-state index in [1.54, 1.807) is 13.2 Å². The van der Waals surface area contributed by atoms with Crippen LogP contribution in [-0.2, 0) is 0 Å². The molecule has 4 nitrogen and oxygen atoms in total. The standard InChI is InChI=1S/C16H13ClFN3O/c1-9-3-5-11(12(7-9)22-2)14-15(17)21-16(20-14)10-4-6-13(18)19-8-10/h3-8H,1-2H3,(H,20,21). The number of aromatic amines is 1. The van der Waals surface area contributed by atoms with Crippen LogP contribution in [0.25, 0.3) is 22.6 Å². The lowest BCUT2D eigenvalue weighted by Gasteiger charge is -2.08. The molecule has 2 aromatic heterocycles. The molecule has 1 N–H and O–H groups in total. The summed E-state index contributed by atoms with van der Waals surface area (Å²) in [6.07, 6.45) is 1.40. The van der Waals surface area contributed by atoms with Crippen LogP contribution in [-0.4, -0.2) is 22.1 Å². The van der Waals surface area contributed by atoms with Crippen molar-refractivity contribution in [2.45, 2.75) is 6.92 Å². The van der Waals surface area contributed by atoms with Crippen LogP contribution in [0.4, 0.5) is 4.39 Å². The topological polar surface area (TPSA) is 50.8 Å². The molecule has 112 valence electrons. The van der Waals surface area contributed by atoms with Crippen LogP contribution in [0, 0.1) is 12.9 Å². The molecule has 6 heteroatoms. The zero-order chi connectivity index (χ0) is 15.7. The van der Waals surface area contributed by atoms with Gasteiger partial charge in [0, 0.05) is 17.3 Å². The summed E-state index contributed by atoms with van der Waals surface area (Å²) in [5, 5.41) is 0.321. The van der Waals surface area contributed by atoms with Crippen molar-refractivity contribution in [3.63, 3.8) is 0 Å². The Balaban J connectivity index is 2.08. The minimum absolute atomic E-state index is 0.321. The second-order valence-corrected chi connectivity index (χ2v) is 5.18. The van der Waals surface area contributed by atoms with E-state index in [4.69, 9.17) is 16.3 Å². The molecule has 0 bridgehead atoms. The van der Waals surface area contributed by atoms with Crippen molar-refractivity contribution in [2.24, 2.45) is 0 Å². The number of pyridine rings is 1. The fourth-order valence-corrected chi connectivity index (χ4v) is 2.42. The predicted octanol–water partition coefficient (Wildman–Crippen LogP) is 4.25. The predicted molar refractivity (Wildman–Crippen MR) is 83.5 cm³/mol. The van der Waals surface area contributed by atoms with Crippen molar-refractivity contribution < 1.29 is 9.13 Å². The van der Waals surface area contributed by atoms with Gasteiger partial charge in [-0.25, -0.2) is 9.97 Å². The van der Waals surface area contributed by atoms with Crippen molar-refractivity contribution in [3.05, 3.63) is 53.2 Å². The van der Waals surface area contributed by atoms with Crippen LogP contribution in [0.2, 0.25) is 5.15 Å². The van der Waals surface area contributed by atoms with E-state index in [0.717, 1.165) is 11.1 Å². The molecule has 0 aliphatic carbocycles. The van der Waals surface area contributed by atoms with Gasteiger partial charge in [0.2, 0.25) is 5.95 Å². The van der Waals surface area contributed by atoms with Gasteiger partial charge in [0.25, 0.3) is 0 Å². The van der Waals surface area contributed by atoms with Crippen LogP contribution >= 0.6 is 11.6 Å². The summed E-state index contributed by atoms with van der Waals surface area (Å²) in [7, 11) is 1.60. The van der Waals surface area contributed by atoms with Gasteiger partial charge < -0.3 is 9.72 Å². The van der Waals surface area contributed by atoms with Gasteiger partial charge in [0.15, 0.2) is 5.15 Å². The summed E-state index contributed by atoms with van der Waals surface area (Å²) < 4.78 is 18.3. The summed E-state index contributed by atoms with van der Waals surface area (Å²) in [6, 6.07) is 8.67. The maximum absolute atomic E-state index is 12.9. The Labute approximate surface area is 132 Å². The SMILES string of the molecule is COc1cc(C)ccc1-c1[nH]c(-c2ccc(F)nc2)nc1Cl. The van der Waals surface area contributed by atoms with Crippen molar-refractivity contribution >= 4 is 11.6 Å². The number of H-pyrrole nitrogens is 1. The van der Waals surface area contributed by atoms with E-state index >= 15 is 0 Å². The number of ether oxygens (including phenoxy) is 1. The van der Waals surface area contributed by atoms with Gasteiger partial charge in [-0.05, 0) is 36.8 Å². The Morgan fingerprint density at radius 1 is 1.23 bits per heavy atom. The number of hydrogen-bond acceptors (Lipinski definition) is 3. The van der Waals surface area contributed by atoms with Crippen LogP contribution in [0.5, 0.6) is 5.75 Å². The highest BCUT2D eigenvalue weighted by Crippen LogP contribution is 2.35. The Bertz CT molecular complexity index is 815. The Morgan fingerprint density at radius 2 is 2.05 bits per heavy atom. The monoisotopic (exact) mass is 317 g/mol. The van der Waals surface area contributed by atoms with Crippen molar-refractivity contribution in [3.8, 4) is 28.4 Å². The molecule has 3 aromatic rings. The number of imidazole rings is 1. The normalized spacial score (nSPS) is 10.7. The molecule has 1 aromatic carbocycles. The molecule has 22 heavy (non-hydrogen) atoms. The molecule has 0 saturated carbocycles. The molecule has 0 radical (unpaired) electrons. The number of benzene rings is 1. The van der Waals surface area contributed by atoms with E-state index in [-0.39, 0.29) is 0 Å². The Hall–Kier alpha value is -2.40. The van der Waals surface area contributed by atoms with E-state index in [9.17, 15) is 4.39 Å². The molecule has 0 unspecified atom stereocenters. The highest BCUT2D eigenvalue weighted by atomic mass is 35.5. The van der Waals surface area contributed by atoms with Gasteiger partial charge in [-0.2, -0.15) is 4.39 Å². The van der Waals surface area contributed by atoms with E-state index in [1.165, 1.54) is 12.3 Å². The highest BCUT2D eigenvalue weighted by Gasteiger charge is 2.15. The maximum atomic E-state index is 12.9. The second kappa shape index (κ2) is 5.77. The lowest BCUT2D eigenvalue weighted by atomic mass is 10.1. The first-order valence-electron chi connectivity index (χ1n) is 6.61.